The topological polar surface area (TPSA) is 104 Å². The summed E-state index contributed by atoms with van der Waals surface area (Å²) in [6, 6.07) is 5.20. The molecule has 1 atom stereocenters. The molecule has 2 amide bonds. The fourth-order valence-electron chi connectivity index (χ4n) is 3.02. The first kappa shape index (κ1) is 18.0. The molecule has 1 aromatic heterocycles. The van der Waals surface area contributed by atoms with E-state index in [0.717, 1.165) is 10.8 Å². The Kier molecular flexibility index (Phi) is 4.71. The van der Waals surface area contributed by atoms with Crippen LogP contribution in [0.2, 0.25) is 0 Å². The van der Waals surface area contributed by atoms with Crippen molar-refractivity contribution in [2.75, 3.05) is 6.61 Å². The Morgan fingerprint density at radius 1 is 1.42 bits per heavy atom. The lowest BCUT2D eigenvalue weighted by molar-refractivity contribution is -0.119. The van der Waals surface area contributed by atoms with Crippen LogP contribution in [0.3, 0.4) is 0 Å². The zero-order valence-corrected chi connectivity index (χ0v) is 15.2. The van der Waals surface area contributed by atoms with E-state index in [-0.39, 0.29) is 12.0 Å². The first-order chi connectivity index (χ1) is 12.3. The number of nitrogens with zero attached hydrogens (tertiary/aromatic N) is 1. The molecule has 0 unspecified atom stereocenters. The summed E-state index contributed by atoms with van der Waals surface area (Å²) >= 11 is 0. The van der Waals surface area contributed by atoms with Gasteiger partial charge in [0.2, 0.25) is 11.8 Å². The standard InChI is InChI=1S/C19H23N3O4/c1-11(2)26-15-9-13-12(8-14(15)17(20)24)5-7-21-18(13)25-10-19(3)6-4-16(23)22-19/h5,7-9,11H,4,6,10H2,1-3H3,(H2,20,24)(H,22,23)/t19-/m1/s1. The van der Waals surface area contributed by atoms with E-state index in [9.17, 15) is 9.59 Å². The molecule has 0 radical (unpaired) electrons. The summed E-state index contributed by atoms with van der Waals surface area (Å²) in [7, 11) is 0. The Bertz CT molecular complexity index is 865. The number of amides is 2. The number of aromatic nitrogens is 1. The molecule has 2 heterocycles. The zero-order chi connectivity index (χ0) is 18.9. The second kappa shape index (κ2) is 6.82. The number of hydrogen-bond acceptors (Lipinski definition) is 5. The van der Waals surface area contributed by atoms with Crippen LogP contribution in [0.5, 0.6) is 11.6 Å². The van der Waals surface area contributed by atoms with Crippen molar-refractivity contribution in [2.24, 2.45) is 5.73 Å². The smallest absolute Gasteiger partial charge is 0.252 e. The minimum absolute atomic E-state index is 0.0284. The van der Waals surface area contributed by atoms with Crippen molar-refractivity contribution in [3.8, 4) is 11.6 Å². The Morgan fingerprint density at radius 2 is 2.19 bits per heavy atom. The van der Waals surface area contributed by atoms with Crippen molar-refractivity contribution >= 4 is 22.6 Å². The van der Waals surface area contributed by atoms with Gasteiger partial charge in [0, 0.05) is 18.0 Å². The van der Waals surface area contributed by atoms with Gasteiger partial charge in [-0.3, -0.25) is 9.59 Å². The summed E-state index contributed by atoms with van der Waals surface area (Å²) in [5.74, 6) is 0.302. The van der Waals surface area contributed by atoms with E-state index >= 15 is 0 Å². The fraction of sp³-hybridized carbons (Fsp3) is 0.421. The van der Waals surface area contributed by atoms with Crippen LogP contribution < -0.4 is 20.5 Å². The van der Waals surface area contributed by atoms with Crippen molar-refractivity contribution < 1.29 is 19.1 Å². The number of rotatable bonds is 6. The lowest BCUT2D eigenvalue weighted by Gasteiger charge is -2.24. The number of pyridine rings is 1. The number of fused-ring (bicyclic) bond motifs is 1. The minimum Gasteiger partial charge on any atom is -0.490 e. The van der Waals surface area contributed by atoms with E-state index in [1.54, 1.807) is 24.4 Å². The van der Waals surface area contributed by atoms with Gasteiger partial charge in [-0.2, -0.15) is 0 Å². The summed E-state index contributed by atoms with van der Waals surface area (Å²) in [5.41, 5.74) is 5.39. The molecule has 7 nitrogen and oxygen atoms in total. The molecule has 1 saturated heterocycles. The van der Waals surface area contributed by atoms with E-state index in [1.807, 2.05) is 20.8 Å². The lowest BCUT2D eigenvalue weighted by Crippen LogP contribution is -2.43. The van der Waals surface area contributed by atoms with E-state index in [1.165, 1.54) is 0 Å². The summed E-state index contributed by atoms with van der Waals surface area (Å²) in [4.78, 5) is 27.6. The molecular formula is C19H23N3O4. The number of nitrogens with one attached hydrogen (secondary N) is 1. The van der Waals surface area contributed by atoms with Crippen molar-refractivity contribution in [1.82, 2.24) is 10.3 Å². The van der Waals surface area contributed by atoms with Crippen LogP contribution in [0.1, 0.15) is 44.0 Å². The van der Waals surface area contributed by atoms with E-state index in [2.05, 4.69) is 10.3 Å². The SMILES string of the molecule is CC(C)Oc1cc2c(OC[C@@]3(C)CCC(=O)N3)nccc2cc1C(N)=O. The molecular weight excluding hydrogens is 334 g/mol. The maximum atomic E-state index is 11.8. The normalized spacial score (nSPS) is 19.6. The van der Waals surface area contributed by atoms with Gasteiger partial charge in [-0.1, -0.05) is 0 Å². The van der Waals surface area contributed by atoms with Gasteiger partial charge in [0.05, 0.1) is 17.2 Å². The molecule has 1 aliphatic heterocycles. The number of primary amides is 1. The summed E-state index contributed by atoms with van der Waals surface area (Å²) in [6.07, 6.45) is 2.71. The van der Waals surface area contributed by atoms with Gasteiger partial charge in [-0.25, -0.2) is 4.98 Å². The van der Waals surface area contributed by atoms with Crippen LogP contribution in [-0.4, -0.2) is 35.0 Å². The number of hydrogen-bond donors (Lipinski definition) is 2. The van der Waals surface area contributed by atoms with Crippen LogP contribution in [0, 0.1) is 0 Å². The monoisotopic (exact) mass is 357 g/mol. The molecule has 7 heteroatoms. The molecule has 1 fully saturated rings. The molecule has 0 saturated carbocycles. The maximum Gasteiger partial charge on any atom is 0.252 e. The maximum absolute atomic E-state index is 11.8. The molecule has 26 heavy (non-hydrogen) atoms. The van der Waals surface area contributed by atoms with Crippen LogP contribution in [-0.2, 0) is 4.79 Å². The largest absolute Gasteiger partial charge is 0.490 e. The molecule has 1 aliphatic rings. The quantitative estimate of drug-likeness (QED) is 0.824. The van der Waals surface area contributed by atoms with Crippen LogP contribution in [0.15, 0.2) is 24.4 Å². The molecule has 0 aliphatic carbocycles. The average Bonchev–Trinajstić information content (AvgIpc) is 2.91. The van der Waals surface area contributed by atoms with Gasteiger partial charge in [-0.05, 0) is 50.8 Å². The highest BCUT2D eigenvalue weighted by Crippen LogP contribution is 2.32. The third-order valence-corrected chi connectivity index (χ3v) is 4.33. The highest BCUT2D eigenvalue weighted by atomic mass is 16.5. The third-order valence-electron chi connectivity index (χ3n) is 4.33. The minimum atomic E-state index is -0.553. The number of benzene rings is 1. The molecule has 0 bridgehead atoms. The Labute approximate surface area is 151 Å². The Balaban J connectivity index is 1.95. The third kappa shape index (κ3) is 3.71. The van der Waals surface area contributed by atoms with E-state index in [4.69, 9.17) is 15.2 Å². The fourth-order valence-corrected chi connectivity index (χ4v) is 3.02. The highest BCUT2D eigenvalue weighted by Gasteiger charge is 2.34. The number of ether oxygens (including phenoxy) is 2. The first-order valence-electron chi connectivity index (χ1n) is 8.60. The summed E-state index contributed by atoms with van der Waals surface area (Å²) < 4.78 is 11.7. The Morgan fingerprint density at radius 3 is 2.81 bits per heavy atom. The van der Waals surface area contributed by atoms with Crippen LogP contribution in [0.25, 0.3) is 10.8 Å². The summed E-state index contributed by atoms with van der Waals surface area (Å²) in [6.45, 7) is 6.00. The average molecular weight is 357 g/mol. The summed E-state index contributed by atoms with van der Waals surface area (Å²) in [5, 5.41) is 4.43. The predicted molar refractivity (Wildman–Crippen MR) is 97.3 cm³/mol. The molecule has 1 aromatic carbocycles. The number of carbonyl (C=O) groups is 2. The van der Waals surface area contributed by atoms with Gasteiger partial charge in [0.15, 0.2) is 0 Å². The second-order valence-corrected chi connectivity index (χ2v) is 7.11. The van der Waals surface area contributed by atoms with Gasteiger partial charge < -0.3 is 20.5 Å². The van der Waals surface area contributed by atoms with Gasteiger partial charge >= 0.3 is 0 Å². The highest BCUT2D eigenvalue weighted by molar-refractivity contribution is 6.01. The van der Waals surface area contributed by atoms with Crippen LogP contribution in [0.4, 0.5) is 0 Å². The van der Waals surface area contributed by atoms with Gasteiger partial charge in [-0.15, -0.1) is 0 Å². The van der Waals surface area contributed by atoms with Gasteiger partial charge in [0.25, 0.3) is 5.91 Å². The first-order valence-corrected chi connectivity index (χ1v) is 8.60. The lowest BCUT2D eigenvalue weighted by atomic mass is 10.0. The van der Waals surface area contributed by atoms with Crippen molar-refractivity contribution in [1.29, 1.82) is 0 Å². The number of carbonyl (C=O) groups excluding carboxylic acids is 2. The Hall–Kier alpha value is -2.83. The van der Waals surface area contributed by atoms with Crippen molar-refractivity contribution in [3.63, 3.8) is 0 Å². The number of nitrogens with two attached hydrogens (primary N) is 1. The van der Waals surface area contributed by atoms with Crippen molar-refractivity contribution in [3.05, 3.63) is 30.0 Å². The van der Waals surface area contributed by atoms with E-state index < -0.39 is 11.4 Å². The molecule has 3 rings (SSSR count). The predicted octanol–water partition coefficient (Wildman–Crippen LogP) is 2.17. The molecule has 0 spiro atoms. The van der Waals surface area contributed by atoms with E-state index in [0.29, 0.717) is 36.6 Å². The molecule has 3 N–H and O–H groups in total. The molecule has 138 valence electrons. The van der Waals surface area contributed by atoms with Crippen molar-refractivity contribution in [2.45, 2.75) is 45.3 Å². The van der Waals surface area contributed by atoms with Crippen LogP contribution >= 0.6 is 0 Å². The second-order valence-electron chi connectivity index (χ2n) is 7.11. The molecule has 2 aromatic rings. The zero-order valence-electron chi connectivity index (χ0n) is 15.2. The van der Waals surface area contributed by atoms with Gasteiger partial charge in [0.1, 0.15) is 12.4 Å².